The van der Waals surface area contributed by atoms with Crippen LogP contribution in [0.2, 0.25) is 5.02 Å². The minimum atomic E-state index is -4.77. The topological polar surface area (TPSA) is 198 Å². The van der Waals surface area contributed by atoms with Gasteiger partial charge in [-0.25, -0.2) is 19.5 Å². The highest BCUT2D eigenvalue weighted by Crippen LogP contribution is 2.39. The molecule has 172 valence electrons. The summed E-state index contributed by atoms with van der Waals surface area (Å²) in [5.74, 6) is 0.413. The molecule has 1 fully saturated rings. The van der Waals surface area contributed by atoms with E-state index in [2.05, 4.69) is 24.8 Å². The van der Waals surface area contributed by atoms with Gasteiger partial charge in [-0.3, -0.25) is 9.09 Å². The summed E-state index contributed by atoms with van der Waals surface area (Å²) in [6, 6.07) is 5.24. The average Bonchev–Trinajstić information content (AvgIpc) is 3.29. The van der Waals surface area contributed by atoms with Crippen molar-refractivity contribution in [2.24, 2.45) is 0 Å². The molecule has 2 aromatic heterocycles. The summed E-state index contributed by atoms with van der Waals surface area (Å²) < 4.78 is 22.3. The highest BCUT2D eigenvalue weighted by atomic mass is 35.5. The van der Waals surface area contributed by atoms with E-state index < -0.39 is 39.0 Å². The summed E-state index contributed by atoms with van der Waals surface area (Å²) in [6.45, 7) is -0.237. The van der Waals surface area contributed by atoms with E-state index in [1.54, 1.807) is 12.1 Å². The van der Waals surface area contributed by atoms with Gasteiger partial charge in [0.05, 0.1) is 23.6 Å². The fraction of sp³-hybridized carbons (Fsp3) is 0.353. The first-order valence-electron chi connectivity index (χ1n) is 9.31. The molecule has 0 amide bonds. The first-order chi connectivity index (χ1) is 15.1. The zero-order chi connectivity index (χ0) is 23.0. The molecule has 7 N–H and O–H groups in total. The Labute approximate surface area is 186 Å². The Hall–Kier alpha value is -2.35. The number of nitrogen functional groups attached to an aromatic ring is 1. The number of nitrogens with one attached hydrogen (secondary N) is 1. The SMILES string of the molecule is Nc1ccc(CNc2ncnc3c2ncn3[C@@H]2O[C@H](COP(=O)(O)O)[C@@H](O)[C@H]2O)cc1Cl. The Kier molecular flexibility index (Phi) is 6.34. The third-order valence-electron chi connectivity index (χ3n) is 4.90. The molecule has 1 saturated heterocycles. The van der Waals surface area contributed by atoms with Crippen molar-refractivity contribution in [3.63, 3.8) is 0 Å². The molecule has 4 rings (SSSR count). The molecular formula is C17H20ClN6O7P. The first kappa shape index (κ1) is 22.8. The van der Waals surface area contributed by atoms with Gasteiger partial charge in [-0.15, -0.1) is 0 Å². The maximum atomic E-state index is 10.9. The number of aromatic nitrogens is 4. The molecule has 15 heteroatoms. The number of rotatable bonds is 7. The molecule has 1 aliphatic rings. The number of nitrogens with zero attached hydrogens (tertiary/aromatic N) is 4. The number of hydrogen-bond acceptors (Lipinski definition) is 10. The van der Waals surface area contributed by atoms with Gasteiger partial charge in [0, 0.05) is 6.54 Å². The van der Waals surface area contributed by atoms with Gasteiger partial charge in [0.15, 0.2) is 23.2 Å². The zero-order valence-electron chi connectivity index (χ0n) is 16.3. The van der Waals surface area contributed by atoms with Crippen LogP contribution in [0.3, 0.4) is 0 Å². The summed E-state index contributed by atoms with van der Waals surface area (Å²) in [5, 5.41) is 24.2. The normalized spacial score (nSPS) is 23.7. The lowest BCUT2D eigenvalue weighted by Crippen LogP contribution is -2.33. The number of phosphoric ester groups is 1. The molecule has 0 saturated carbocycles. The van der Waals surface area contributed by atoms with Crippen LogP contribution in [-0.2, 0) is 20.4 Å². The average molecular weight is 487 g/mol. The lowest BCUT2D eigenvalue weighted by atomic mass is 10.1. The first-order valence-corrected chi connectivity index (χ1v) is 11.2. The lowest BCUT2D eigenvalue weighted by Gasteiger charge is -2.16. The number of phosphoric acid groups is 1. The minimum Gasteiger partial charge on any atom is -0.398 e. The molecule has 3 heterocycles. The van der Waals surface area contributed by atoms with Crippen LogP contribution in [0.4, 0.5) is 11.5 Å². The Morgan fingerprint density at radius 3 is 2.75 bits per heavy atom. The van der Waals surface area contributed by atoms with E-state index in [1.165, 1.54) is 17.2 Å². The molecule has 32 heavy (non-hydrogen) atoms. The number of halogens is 1. The largest absolute Gasteiger partial charge is 0.469 e. The van der Waals surface area contributed by atoms with Gasteiger partial charge in [-0.1, -0.05) is 17.7 Å². The minimum absolute atomic E-state index is 0.311. The van der Waals surface area contributed by atoms with Crippen molar-refractivity contribution in [3.05, 3.63) is 41.4 Å². The van der Waals surface area contributed by atoms with Crippen molar-refractivity contribution in [2.75, 3.05) is 17.7 Å². The Bertz CT molecular complexity index is 1170. The number of nitrogens with two attached hydrogens (primary N) is 1. The van der Waals surface area contributed by atoms with E-state index in [4.69, 9.17) is 31.9 Å². The highest BCUT2D eigenvalue weighted by Gasteiger charge is 2.45. The summed E-state index contributed by atoms with van der Waals surface area (Å²) in [4.78, 5) is 30.4. The molecule has 0 spiro atoms. The fourth-order valence-electron chi connectivity index (χ4n) is 3.30. The summed E-state index contributed by atoms with van der Waals surface area (Å²) in [5.41, 5.74) is 7.75. The van der Waals surface area contributed by atoms with Crippen molar-refractivity contribution in [1.82, 2.24) is 19.5 Å². The van der Waals surface area contributed by atoms with Crippen LogP contribution in [0.25, 0.3) is 11.2 Å². The predicted octanol–water partition coefficient (Wildman–Crippen LogP) is 0.402. The highest BCUT2D eigenvalue weighted by molar-refractivity contribution is 7.46. The predicted molar refractivity (Wildman–Crippen MR) is 112 cm³/mol. The number of aliphatic hydroxyl groups is 2. The molecule has 4 atom stereocenters. The van der Waals surface area contributed by atoms with E-state index in [0.29, 0.717) is 34.2 Å². The van der Waals surface area contributed by atoms with Crippen molar-refractivity contribution in [3.8, 4) is 0 Å². The van der Waals surface area contributed by atoms with Crippen molar-refractivity contribution in [2.45, 2.75) is 31.1 Å². The zero-order valence-corrected chi connectivity index (χ0v) is 18.0. The van der Waals surface area contributed by atoms with Gasteiger partial charge in [0.1, 0.15) is 24.6 Å². The summed E-state index contributed by atoms with van der Waals surface area (Å²) in [6.07, 6.45) is -2.49. The second-order valence-corrected chi connectivity index (χ2v) is 8.73. The second-order valence-electron chi connectivity index (χ2n) is 7.09. The summed E-state index contributed by atoms with van der Waals surface area (Å²) in [7, 11) is -4.77. The molecule has 13 nitrogen and oxygen atoms in total. The quantitative estimate of drug-likeness (QED) is 0.199. The van der Waals surface area contributed by atoms with Crippen molar-refractivity contribution >= 4 is 42.1 Å². The van der Waals surface area contributed by atoms with Crippen LogP contribution < -0.4 is 11.1 Å². The molecule has 1 aliphatic heterocycles. The van der Waals surface area contributed by atoms with Gasteiger partial charge in [0.2, 0.25) is 0 Å². The Morgan fingerprint density at radius 1 is 1.25 bits per heavy atom. The van der Waals surface area contributed by atoms with Gasteiger partial charge >= 0.3 is 7.82 Å². The number of benzene rings is 1. The number of fused-ring (bicyclic) bond motifs is 1. The van der Waals surface area contributed by atoms with E-state index in [1.807, 2.05) is 6.07 Å². The second kappa shape index (κ2) is 8.89. The van der Waals surface area contributed by atoms with Crippen LogP contribution in [-0.4, -0.2) is 64.4 Å². The van der Waals surface area contributed by atoms with Crippen LogP contribution in [0.1, 0.15) is 11.8 Å². The smallest absolute Gasteiger partial charge is 0.398 e. The number of ether oxygens (including phenoxy) is 1. The van der Waals surface area contributed by atoms with Crippen LogP contribution in [0.15, 0.2) is 30.9 Å². The lowest BCUT2D eigenvalue weighted by molar-refractivity contribution is -0.0504. The molecule has 0 unspecified atom stereocenters. The third-order valence-corrected chi connectivity index (χ3v) is 5.71. The van der Waals surface area contributed by atoms with Crippen LogP contribution in [0.5, 0.6) is 0 Å². The van der Waals surface area contributed by atoms with Gasteiger partial charge in [-0.05, 0) is 17.7 Å². The summed E-state index contributed by atoms with van der Waals surface area (Å²) >= 11 is 6.05. The molecule has 3 aromatic rings. The van der Waals surface area contributed by atoms with E-state index in [0.717, 1.165) is 5.56 Å². The molecule has 0 aliphatic carbocycles. The number of imidazole rings is 1. The molecule has 0 bridgehead atoms. The Balaban J connectivity index is 1.53. The maximum absolute atomic E-state index is 10.9. The standard InChI is InChI=1S/C17H20ClN6O7P/c18-9-3-8(1-2-10(9)19)4-20-15-12-16(22-6-21-15)24(7-23-12)17-14(26)13(25)11(31-17)5-30-32(27,28)29/h1-3,6-7,11,13-14,17,25-26H,4-5,19H2,(H,20,21,22)(H2,27,28,29)/t11-,13-,14-,17-/m1/s1. The number of anilines is 2. The Morgan fingerprint density at radius 2 is 2.03 bits per heavy atom. The number of aliphatic hydroxyl groups excluding tert-OH is 2. The van der Waals surface area contributed by atoms with E-state index >= 15 is 0 Å². The van der Waals surface area contributed by atoms with Gasteiger partial charge < -0.3 is 35.8 Å². The van der Waals surface area contributed by atoms with E-state index in [9.17, 15) is 14.8 Å². The maximum Gasteiger partial charge on any atom is 0.469 e. The van der Waals surface area contributed by atoms with E-state index in [-0.39, 0.29) is 0 Å². The van der Waals surface area contributed by atoms with Crippen molar-refractivity contribution in [1.29, 1.82) is 0 Å². The molecule has 0 radical (unpaired) electrons. The third kappa shape index (κ3) is 4.70. The monoisotopic (exact) mass is 486 g/mol. The van der Waals surface area contributed by atoms with Gasteiger partial charge in [0.25, 0.3) is 0 Å². The van der Waals surface area contributed by atoms with Crippen molar-refractivity contribution < 1.29 is 33.8 Å². The van der Waals surface area contributed by atoms with Crippen LogP contribution in [0, 0.1) is 0 Å². The van der Waals surface area contributed by atoms with Crippen LogP contribution >= 0.6 is 19.4 Å². The molecular weight excluding hydrogens is 467 g/mol. The van der Waals surface area contributed by atoms with Gasteiger partial charge in [-0.2, -0.15) is 0 Å². The fourth-order valence-corrected chi connectivity index (χ4v) is 3.85. The molecule has 1 aromatic carbocycles. The number of hydrogen-bond donors (Lipinski definition) is 6.